The highest BCUT2D eigenvalue weighted by Gasteiger charge is 2.18. The molecule has 1 aliphatic rings. The van der Waals surface area contributed by atoms with Gasteiger partial charge in [0.1, 0.15) is 10.6 Å². The van der Waals surface area contributed by atoms with Gasteiger partial charge in [0.05, 0.1) is 22.5 Å². The van der Waals surface area contributed by atoms with Crippen molar-refractivity contribution in [3.05, 3.63) is 59.0 Å². The van der Waals surface area contributed by atoms with E-state index in [4.69, 9.17) is 4.42 Å². The van der Waals surface area contributed by atoms with E-state index in [0.29, 0.717) is 22.6 Å². The predicted molar refractivity (Wildman–Crippen MR) is 120 cm³/mol. The van der Waals surface area contributed by atoms with Gasteiger partial charge in [-0.05, 0) is 36.8 Å². The molecule has 4 aromatic rings. The molecule has 1 fully saturated rings. The number of hydrogen-bond donors (Lipinski definition) is 0. The van der Waals surface area contributed by atoms with Crippen LogP contribution in [0.25, 0.3) is 31.8 Å². The van der Waals surface area contributed by atoms with Crippen molar-refractivity contribution < 1.29 is 8.81 Å². The number of rotatable bonds is 5. The second kappa shape index (κ2) is 8.16. The van der Waals surface area contributed by atoms with Gasteiger partial charge in [-0.15, -0.1) is 11.3 Å². The summed E-state index contributed by atoms with van der Waals surface area (Å²) in [5.41, 5.74) is 2.65. The van der Waals surface area contributed by atoms with E-state index in [1.807, 2.05) is 42.5 Å². The molecular weight excluding hydrogens is 401 g/mol. The number of anilines is 1. The average molecular weight is 424 g/mol. The lowest BCUT2D eigenvalue weighted by Gasteiger charge is -2.36. The molecule has 7 heteroatoms. The van der Waals surface area contributed by atoms with Gasteiger partial charge in [-0.25, -0.2) is 9.78 Å². The zero-order chi connectivity index (χ0) is 20.5. The molecule has 0 spiro atoms. The highest BCUT2D eigenvalue weighted by Crippen LogP contribution is 2.31. The van der Waals surface area contributed by atoms with E-state index in [0.717, 1.165) is 54.0 Å². The van der Waals surface area contributed by atoms with E-state index < -0.39 is 0 Å². The SMILES string of the molecule is O=c1oc2cc(N3CCN(CCCF)CC3)ccc2cc1-c1nc2ccccc2s1. The minimum atomic E-state index is -0.366. The first-order valence-electron chi connectivity index (χ1n) is 10.2. The lowest BCUT2D eigenvalue weighted by atomic mass is 10.1. The minimum absolute atomic E-state index is 0.261. The first-order chi connectivity index (χ1) is 14.7. The lowest BCUT2D eigenvalue weighted by molar-refractivity contribution is 0.245. The molecule has 5 rings (SSSR count). The lowest BCUT2D eigenvalue weighted by Crippen LogP contribution is -2.46. The third kappa shape index (κ3) is 3.70. The second-order valence-electron chi connectivity index (χ2n) is 7.53. The number of thiazole rings is 1. The van der Waals surface area contributed by atoms with Crippen LogP contribution in [-0.4, -0.2) is 49.3 Å². The number of benzene rings is 2. The number of para-hydroxylation sites is 1. The molecule has 2 aromatic carbocycles. The Morgan fingerprint density at radius 3 is 2.70 bits per heavy atom. The van der Waals surface area contributed by atoms with Gasteiger partial charge < -0.3 is 9.32 Å². The van der Waals surface area contributed by atoms with Gasteiger partial charge in [0.25, 0.3) is 0 Å². The quantitative estimate of drug-likeness (QED) is 0.441. The normalized spacial score (nSPS) is 15.3. The summed E-state index contributed by atoms with van der Waals surface area (Å²) in [7, 11) is 0. The Bertz CT molecular complexity index is 1210. The van der Waals surface area contributed by atoms with Crippen LogP contribution in [0.3, 0.4) is 0 Å². The zero-order valence-electron chi connectivity index (χ0n) is 16.5. The van der Waals surface area contributed by atoms with Crippen LogP contribution in [0.5, 0.6) is 0 Å². The van der Waals surface area contributed by atoms with Crippen molar-refractivity contribution in [2.45, 2.75) is 6.42 Å². The molecule has 0 atom stereocenters. The van der Waals surface area contributed by atoms with Crippen LogP contribution in [0, 0.1) is 0 Å². The van der Waals surface area contributed by atoms with Gasteiger partial charge in [0, 0.05) is 49.9 Å². The Balaban J connectivity index is 1.41. The summed E-state index contributed by atoms with van der Waals surface area (Å²) >= 11 is 1.50. The summed E-state index contributed by atoms with van der Waals surface area (Å²) in [5, 5.41) is 1.56. The van der Waals surface area contributed by atoms with Crippen LogP contribution in [0.15, 0.2) is 57.7 Å². The fourth-order valence-corrected chi connectivity index (χ4v) is 4.92. The smallest absolute Gasteiger partial charge is 0.346 e. The van der Waals surface area contributed by atoms with Crippen LogP contribution < -0.4 is 10.5 Å². The van der Waals surface area contributed by atoms with Gasteiger partial charge in [-0.3, -0.25) is 9.29 Å². The summed E-state index contributed by atoms with van der Waals surface area (Å²) in [4.78, 5) is 21.9. The topological polar surface area (TPSA) is 49.6 Å². The first-order valence-corrected chi connectivity index (χ1v) is 11.0. The molecule has 2 aromatic heterocycles. The number of hydrogen-bond acceptors (Lipinski definition) is 6. The van der Waals surface area contributed by atoms with Crippen molar-refractivity contribution in [2.24, 2.45) is 0 Å². The third-order valence-corrected chi connectivity index (χ3v) is 6.66. The van der Waals surface area contributed by atoms with Crippen LogP contribution >= 0.6 is 11.3 Å². The van der Waals surface area contributed by atoms with Crippen molar-refractivity contribution in [1.29, 1.82) is 0 Å². The minimum Gasteiger partial charge on any atom is -0.422 e. The largest absolute Gasteiger partial charge is 0.422 e. The van der Waals surface area contributed by atoms with E-state index in [-0.39, 0.29) is 12.3 Å². The van der Waals surface area contributed by atoms with E-state index in [1.165, 1.54) is 11.3 Å². The fraction of sp³-hybridized carbons (Fsp3) is 0.304. The molecule has 30 heavy (non-hydrogen) atoms. The molecule has 0 aliphatic carbocycles. The maximum atomic E-state index is 12.7. The van der Waals surface area contributed by atoms with E-state index in [1.54, 1.807) is 0 Å². The van der Waals surface area contributed by atoms with Crippen molar-refractivity contribution in [2.75, 3.05) is 44.3 Å². The van der Waals surface area contributed by atoms with E-state index in [2.05, 4.69) is 20.9 Å². The molecular formula is C23H22FN3O2S. The Morgan fingerprint density at radius 2 is 1.90 bits per heavy atom. The number of halogens is 1. The summed E-state index contributed by atoms with van der Waals surface area (Å²) in [6.45, 7) is 4.14. The molecule has 0 radical (unpaired) electrons. The van der Waals surface area contributed by atoms with Crippen LogP contribution in [0.4, 0.5) is 10.1 Å². The van der Waals surface area contributed by atoms with Crippen molar-refractivity contribution >= 4 is 38.2 Å². The molecule has 5 nitrogen and oxygen atoms in total. The highest BCUT2D eigenvalue weighted by atomic mass is 32.1. The summed E-state index contributed by atoms with van der Waals surface area (Å²) < 4.78 is 19.1. The Kier molecular flexibility index (Phi) is 5.23. The second-order valence-corrected chi connectivity index (χ2v) is 8.56. The van der Waals surface area contributed by atoms with Crippen molar-refractivity contribution in [1.82, 2.24) is 9.88 Å². The number of alkyl halides is 1. The standard InChI is InChI=1S/C23H22FN3O2S/c24-8-3-9-26-10-12-27(13-11-26)17-7-6-16-14-18(23(28)29-20(16)15-17)22-25-19-4-1-2-5-21(19)30-22/h1-2,4-7,14-15H,3,8-13H2. The van der Waals surface area contributed by atoms with E-state index >= 15 is 0 Å². The van der Waals surface area contributed by atoms with Crippen LogP contribution in [0.2, 0.25) is 0 Å². The first kappa shape index (κ1) is 19.2. The fourth-order valence-electron chi connectivity index (χ4n) is 3.95. The van der Waals surface area contributed by atoms with Crippen LogP contribution in [0.1, 0.15) is 6.42 Å². The molecule has 0 N–H and O–H groups in total. The Morgan fingerprint density at radius 1 is 1.07 bits per heavy atom. The molecule has 154 valence electrons. The number of fused-ring (bicyclic) bond motifs is 2. The number of piperazine rings is 1. The van der Waals surface area contributed by atoms with Gasteiger partial charge in [-0.1, -0.05) is 12.1 Å². The summed E-state index contributed by atoms with van der Waals surface area (Å²) in [6.07, 6.45) is 0.595. The van der Waals surface area contributed by atoms with Gasteiger partial charge >= 0.3 is 5.63 Å². The van der Waals surface area contributed by atoms with Gasteiger partial charge in [0.15, 0.2) is 0 Å². The van der Waals surface area contributed by atoms with E-state index in [9.17, 15) is 9.18 Å². The third-order valence-electron chi connectivity index (χ3n) is 5.59. The number of aromatic nitrogens is 1. The molecule has 0 unspecified atom stereocenters. The Hall–Kier alpha value is -2.77. The molecule has 1 saturated heterocycles. The molecule has 0 amide bonds. The molecule has 1 aliphatic heterocycles. The zero-order valence-corrected chi connectivity index (χ0v) is 17.3. The monoisotopic (exact) mass is 423 g/mol. The predicted octanol–water partition coefficient (Wildman–Crippen LogP) is 4.55. The summed E-state index contributed by atoms with van der Waals surface area (Å²) in [5.74, 6) is 0. The Labute approximate surface area is 177 Å². The number of nitrogens with zero attached hydrogens (tertiary/aromatic N) is 3. The van der Waals surface area contributed by atoms with Crippen LogP contribution in [-0.2, 0) is 0 Å². The molecule has 0 saturated carbocycles. The maximum absolute atomic E-state index is 12.7. The molecule has 0 bridgehead atoms. The van der Waals surface area contributed by atoms with Gasteiger partial charge in [0.2, 0.25) is 0 Å². The molecule has 3 heterocycles. The summed E-state index contributed by atoms with van der Waals surface area (Å²) in [6, 6.07) is 15.7. The van der Waals surface area contributed by atoms with Crippen molar-refractivity contribution in [3.8, 4) is 10.6 Å². The van der Waals surface area contributed by atoms with Crippen molar-refractivity contribution in [3.63, 3.8) is 0 Å². The van der Waals surface area contributed by atoms with Gasteiger partial charge in [-0.2, -0.15) is 0 Å². The maximum Gasteiger partial charge on any atom is 0.346 e. The average Bonchev–Trinajstić information content (AvgIpc) is 3.21. The highest BCUT2D eigenvalue weighted by molar-refractivity contribution is 7.21.